The van der Waals surface area contributed by atoms with Gasteiger partial charge >= 0.3 is 5.97 Å². The van der Waals surface area contributed by atoms with E-state index in [-0.39, 0.29) is 5.91 Å². The summed E-state index contributed by atoms with van der Waals surface area (Å²) in [5.41, 5.74) is 0.687. The lowest BCUT2D eigenvalue weighted by atomic mass is 9.88. The molecule has 1 amide bonds. The molecule has 23 heavy (non-hydrogen) atoms. The summed E-state index contributed by atoms with van der Waals surface area (Å²) < 4.78 is 3.88. The predicted molar refractivity (Wildman–Crippen MR) is 92.6 cm³/mol. The van der Waals surface area contributed by atoms with Crippen molar-refractivity contribution >= 4 is 51.4 Å². The second-order valence-electron chi connectivity index (χ2n) is 6.71. The molecule has 2 aliphatic carbocycles. The molecule has 0 radical (unpaired) electrons. The highest BCUT2D eigenvalue weighted by atomic mass is 35.5. The number of esters is 1. The number of amides is 1. The minimum Gasteiger partial charge on any atom is -0.465 e. The lowest BCUT2D eigenvalue weighted by Gasteiger charge is -2.18. The van der Waals surface area contributed by atoms with E-state index in [0.29, 0.717) is 22.9 Å². The van der Waals surface area contributed by atoms with E-state index in [1.807, 2.05) is 0 Å². The molecule has 126 valence electrons. The van der Waals surface area contributed by atoms with Crippen molar-refractivity contribution in [1.29, 1.82) is 0 Å². The van der Waals surface area contributed by atoms with Gasteiger partial charge in [0.2, 0.25) is 5.91 Å². The van der Waals surface area contributed by atoms with Gasteiger partial charge in [0.1, 0.15) is 9.33 Å². The maximum absolute atomic E-state index is 12.5. The first-order valence-electron chi connectivity index (χ1n) is 7.61. The molecule has 2 aliphatic rings. The topological polar surface area (TPSA) is 55.4 Å². The molecule has 2 atom stereocenters. The number of halogens is 2. The van der Waals surface area contributed by atoms with Gasteiger partial charge in [-0.1, -0.05) is 6.92 Å². The number of fused-ring (bicyclic) bond motifs is 1. The first-order chi connectivity index (χ1) is 10.7. The van der Waals surface area contributed by atoms with Crippen molar-refractivity contribution in [3.8, 4) is 0 Å². The molecule has 1 fully saturated rings. The van der Waals surface area contributed by atoms with Crippen molar-refractivity contribution in [2.24, 2.45) is 11.3 Å². The number of rotatable bonds is 3. The normalized spacial score (nSPS) is 28.0. The van der Waals surface area contributed by atoms with Gasteiger partial charge in [0.15, 0.2) is 0 Å². The molecule has 2 unspecified atom stereocenters. The summed E-state index contributed by atoms with van der Waals surface area (Å²) in [5, 5.41) is 3.42. The fourth-order valence-electron chi connectivity index (χ4n) is 3.04. The Kier molecular flexibility index (Phi) is 4.18. The highest BCUT2D eigenvalue weighted by Crippen LogP contribution is 2.64. The molecule has 1 aromatic heterocycles. The zero-order valence-corrected chi connectivity index (χ0v) is 15.6. The number of alkyl halides is 2. The number of carbonyl (C=O) groups excluding carboxylic acids is 2. The number of hydrogen-bond acceptors (Lipinski definition) is 4. The summed E-state index contributed by atoms with van der Waals surface area (Å²) in [6, 6.07) is 0. The highest BCUT2D eigenvalue weighted by molar-refractivity contribution is 7.17. The number of anilines is 1. The van der Waals surface area contributed by atoms with Crippen LogP contribution >= 0.6 is 34.5 Å². The summed E-state index contributed by atoms with van der Waals surface area (Å²) in [4.78, 5) is 25.9. The van der Waals surface area contributed by atoms with E-state index in [1.165, 1.54) is 18.4 Å². The van der Waals surface area contributed by atoms with Gasteiger partial charge in [-0.05, 0) is 44.1 Å². The van der Waals surface area contributed by atoms with Crippen LogP contribution in [0.5, 0.6) is 0 Å². The van der Waals surface area contributed by atoms with Crippen LogP contribution in [0.15, 0.2) is 0 Å². The molecule has 4 nitrogen and oxygen atoms in total. The molecule has 1 N–H and O–H groups in total. The third-order valence-electron chi connectivity index (χ3n) is 4.89. The van der Waals surface area contributed by atoms with E-state index >= 15 is 0 Å². The largest absolute Gasteiger partial charge is 0.465 e. The fraction of sp³-hybridized carbons (Fsp3) is 0.625. The van der Waals surface area contributed by atoms with Gasteiger partial charge in [0.05, 0.1) is 18.1 Å². The van der Waals surface area contributed by atoms with Gasteiger partial charge in [0, 0.05) is 4.88 Å². The van der Waals surface area contributed by atoms with Crippen LogP contribution in [0, 0.1) is 11.3 Å². The van der Waals surface area contributed by atoms with Crippen LogP contribution in [-0.2, 0) is 22.4 Å². The van der Waals surface area contributed by atoms with Crippen LogP contribution in [0.4, 0.5) is 5.00 Å². The monoisotopic (exact) mass is 375 g/mol. The lowest BCUT2D eigenvalue weighted by molar-refractivity contribution is -0.120. The van der Waals surface area contributed by atoms with Crippen molar-refractivity contribution in [2.45, 2.75) is 43.9 Å². The Labute approximate surface area is 149 Å². The Morgan fingerprint density at radius 3 is 2.61 bits per heavy atom. The molecule has 1 heterocycles. The smallest absolute Gasteiger partial charge is 0.341 e. The Balaban J connectivity index is 1.93. The predicted octanol–water partition coefficient (Wildman–Crippen LogP) is 4.18. The summed E-state index contributed by atoms with van der Waals surface area (Å²) >= 11 is 13.6. The van der Waals surface area contributed by atoms with Crippen molar-refractivity contribution < 1.29 is 14.3 Å². The van der Waals surface area contributed by atoms with Crippen LogP contribution in [0.25, 0.3) is 0 Å². The first kappa shape index (κ1) is 17.1. The van der Waals surface area contributed by atoms with Crippen LogP contribution in [0.3, 0.4) is 0 Å². The maximum atomic E-state index is 12.5. The number of thiophene rings is 1. The van der Waals surface area contributed by atoms with Crippen LogP contribution in [0.2, 0.25) is 0 Å². The maximum Gasteiger partial charge on any atom is 0.341 e. The molecule has 0 bridgehead atoms. The zero-order valence-electron chi connectivity index (χ0n) is 13.3. The quantitative estimate of drug-likeness (QED) is 0.636. The van der Waals surface area contributed by atoms with Gasteiger partial charge in [-0.15, -0.1) is 34.5 Å². The number of carbonyl (C=O) groups is 2. The van der Waals surface area contributed by atoms with Gasteiger partial charge in [-0.2, -0.15) is 0 Å². The first-order valence-corrected chi connectivity index (χ1v) is 9.19. The van der Waals surface area contributed by atoms with Crippen LogP contribution < -0.4 is 5.32 Å². The van der Waals surface area contributed by atoms with Crippen molar-refractivity contribution in [3.63, 3.8) is 0 Å². The van der Waals surface area contributed by atoms with E-state index in [0.717, 1.165) is 29.7 Å². The molecule has 1 saturated carbocycles. The third kappa shape index (κ3) is 2.77. The summed E-state index contributed by atoms with van der Waals surface area (Å²) in [7, 11) is 1.36. The van der Waals surface area contributed by atoms with Crippen LogP contribution in [0.1, 0.15) is 47.5 Å². The van der Waals surface area contributed by atoms with E-state index in [2.05, 4.69) is 12.2 Å². The number of methoxy groups -OCH3 is 1. The summed E-state index contributed by atoms with van der Waals surface area (Å²) in [5.74, 6) is -0.0786. The van der Waals surface area contributed by atoms with Crippen molar-refractivity contribution in [2.75, 3.05) is 12.4 Å². The zero-order chi connectivity index (χ0) is 17.0. The number of ether oxygens (including phenoxy) is 1. The molecule has 0 aromatic carbocycles. The van der Waals surface area contributed by atoms with E-state index in [4.69, 9.17) is 27.9 Å². The van der Waals surface area contributed by atoms with E-state index in [9.17, 15) is 9.59 Å². The summed E-state index contributed by atoms with van der Waals surface area (Å²) in [6.45, 7) is 3.93. The molecule has 0 spiro atoms. The molecule has 7 heteroatoms. The second kappa shape index (κ2) is 5.64. The van der Waals surface area contributed by atoms with Crippen LogP contribution in [-0.4, -0.2) is 23.3 Å². The fourth-order valence-corrected chi connectivity index (χ4v) is 5.14. The highest BCUT2D eigenvalue weighted by Gasteiger charge is 2.68. The SMILES string of the molecule is COC(=O)c1c(NC(=O)C2(C)CC2(Cl)Cl)sc2c1CCC(C)C2. The lowest BCUT2D eigenvalue weighted by Crippen LogP contribution is -2.26. The van der Waals surface area contributed by atoms with E-state index < -0.39 is 15.7 Å². The second-order valence-corrected chi connectivity index (χ2v) is 9.30. The standard InChI is InChI=1S/C16H19Cl2NO3S/c1-8-4-5-9-10(6-8)23-12(11(9)13(20)22-3)19-14(21)15(2)7-16(15,17)18/h8H,4-7H2,1-3H3,(H,19,21). The Morgan fingerprint density at radius 1 is 1.39 bits per heavy atom. The third-order valence-corrected chi connectivity index (χ3v) is 7.16. The number of hydrogen-bond donors (Lipinski definition) is 1. The molecular weight excluding hydrogens is 357 g/mol. The summed E-state index contributed by atoms with van der Waals surface area (Å²) in [6.07, 6.45) is 3.20. The Morgan fingerprint density at radius 2 is 2.04 bits per heavy atom. The Bertz CT molecular complexity index is 685. The average molecular weight is 376 g/mol. The van der Waals surface area contributed by atoms with Gasteiger partial charge in [-0.3, -0.25) is 4.79 Å². The molecule has 0 aliphatic heterocycles. The van der Waals surface area contributed by atoms with Crippen molar-refractivity contribution in [1.82, 2.24) is 0 Å². The number of nitrogens with one attached hydrogen (secondary N) is 1. The average Bonchev–Trinajstić information content (AvgIpc) is 2.84. The molecule has 1 aromatic rings. The minimum absolute atomic E-state index is 0.251. The minimum atomic E-state index is -1.03. The van der Waals surface area contributed by atoms with Gasteiger partial charge in [0.25, 0.3) is 0 Å². The molecule has 0 saturated heterocycles. The van der Waals surface area contributed by atoms with E-state index in [1.54, 1.807) is 6.92 Å². The van der Waals surface area contributed by atoms with Gasteiger partial charge in [-0.25, -0.2) is 4.79 Å². The Hall–Kier alpha value is -0.780. The molecular formula is C16H19Cl2NO3S. The molecule has 3 rings (SSSR count). The van der Waals surface area contributed by atoms with Crippen molar-refractivity contribution in [3.05, 3.63) is 16.0 Å². The van der Waals surface area contributed by atoms with Gasteiger partial charge < -0.3 is 10.1 Å².